The molecule has 0 fully saturated rings. The maximum absolute atomic E-state index is 13.8. The van der Waals surface area contributed by atoms with E-state index >= 15 is 0 Å². The van der Waals surface area contributed by atoms with E-state index in [4.69, 9.17) is 5.73 Å². The monoisotopic (exact) mass is 556 g/mol. The highest BCUT2D eigenvalue weighted by Gasteiger charge is 2.36. The Morgan fingerprint density at radius 2 is 1.55 bits per heavy atom. The van der Waals surface area contributed by atoms with Gasteiger partial charge in [0.15, 0.2) is 0 Å². The minimum atomic E-state index is -1.01. The van der Waals surface area contributed by atoms with Gasteiger partial charge >= 0.3 is 0 Å². The molecule has 0 aromatic heterocycles. The highest BCUT2D eigenvalue weighted by atomic mass is 19.1. The van der Waals surface area contributed by atoms with Gasteiger partial charge in [-0.25, -0.2) is 4.39 Å². The molecule has 0 aliphatic carbocycles. The molecule has 0 radical (unpaired) electrons. The van der Waals surface area contributed by atoms with E-state index in [2.05, 4.69) is 10.6 Å². The number of nitrogens with two attached hydrogens (primary N) is 1. The summed E-state index contributed by atoms with van der Waals surface area (Å²) in [6.07, 6.45) is 0.469. The van der Waals surface area contributed by atoms with Crippen LogP contribution in [0.15, 0.2) is 42.5 Å². The average Bonchev–Trinajstić information content (AvgIpc) is 2.87. The highest BCUT2D eigenvalue weighted by molar-refractivity contribution is 5.93. The van der Waals surface area contributed by atoms with Crippen molar-refractivity contribution in [3.63, 3.8) is 0 Å². The topological polar surface area (TPSA) is 125 Å². The van der Waals surface area contributed by atoms with Crippen LogP contribution in [0.25, 0.3) is 0 Å². The van der Waals surface area contributed by atoms with Crippen molar-refractivity contribution in [2.45, 2.75) is 84.8 Å². The third-order valence-electron chi connectivity index (χ3n) is 6.93. The van der Waals surface area contributed by atoms with Gasteiger partial charge < -0.3 is 26.4 Å². The van der Waals surface area contributed by atoms with Crippen molar-refractivity contribution < 1.29 is 23.9 Å². The van der Waals surface area contributed by atoms with E-state index in [1.165, 1.54) is 17.0 Å². The predicted octanol–water partition coefficient (Wildman–Crippen LogP) is 3.44. The van der Waals surface area contributed by atoms with Crippen LogP contribution in [0.5, 0.6) is 5.75 Å². The predicted molar refractivity (Wildman–Crippen MR) is 155 cm³/mol. The molecule has 8 nitrogen and oxygen atoms in total. The Labute approximate surface area is 237 Å². The van der Waals surface area contributed by atoms with Crippen molar-refractivity contribution in [2.24, 2.45) is 11.7 Å². The lowest BCUT2D eigenvalue weighted by atomic mass is 9.84. The van der Waals surface area contributed by atoms with E-state index < -0.39 is 29.9 Å². The molecular formula is C31H45FN4O4. The van der Waals surface area contributed by atoms with E-state index in [0.29, 0.717) is 13.0 Å². The smallest absolute Gasteiger partial charge is 0.243 e. The zero-order chi connectivity index (χ0) is 30.2. The van der Waals surface area contributed by atoms with Crippen LogP contribution in [0, 0.1) is 11.7 Å². The van der Waals surface area contributed by atoms with Gasteiger partial charge in [0.25, 0.3) is 0 Å². The van der Waals surface area contributed by atoms with E-state index in [0.717, 1.165) is 16.7 Å². The summed E-state index contributed by atoms with van der Waals surface area (Å²) in [4.78, 5) is 41.3. The van der Waals surface area contributed by atoms with Gasteiger partial charge in [-0.2, -0.15) is 0 Å². The molecule has 2 aromatic carbocycles. The van der Waals surface area contributed by atoms with Gasteiger partial charge in [0.2, 0.25) is 17.7 Å². The van der Waals surface area contributed by atoms with Gasteiger partial charge in [0.05, 0.1) is 6.04 Å². The zero-order valence-electron chi connectivity index (χ0n) is 24.8. The number of carbonyl (C=O) groups is 3. The van der Waals surface area contributed by atoms with E-state index in [1.807, 2.05) is 47.6 Å². The lowest BCUT2D eigenvalue weighted by molar-refractivity contribution is -0.144. The first-order valence-corrected chi connectivity index (χ1v) is 13.9. The van der Waals surface area contributed by atoms with Crippen molar-refractivity contribution in [3.8, 4) is 5.75 Å². The van der Waals surface area contributed by atoms with Gasteiger partial charge in [-0.3, -0.25) is 14.4 Å². The fourth-order valence-electron chi connectivity index (χ4n) is 4.87. The maximum Gasteiger partial charge on any atom is 0.243 e. The summed E-state index contributed by atoms with van der Waals surface area (Å²) >= 11 is 0. The first-order valence-electron chi connectivity index (χ1n) is 13.9. The quantitative estimate of drug-likeness (QED) is 0.301. The Kier molecular flexibility index (Phi) is 11.7. The van der Waals surface area contributed by atoms with Gasteiger partial charge in [0.1, 0.15) is 23.7 Å². The second-order valence-electron chi connectivity index (χ2n) is 11.5. The standard InChI is InChI=1S/C31H45FN4O4/c1-8-34-25(17-20-10-13-22(32)14-11-20)30(40)36(9-2)27(19(3)4)29(39)35-24(28(33)38)18-21-12-15-26(37)23(16-21)31(5,6)7/h10-16,19,24-25,27,34,37H,8-9,17-18H2,1-7H3,(H2,33,38)(H,35,39). The SMILES string of the molecule is CCNC(Cc1ccc(F)cc1)C(=O)N(CC)C(C(=O)NC(Cc1ccc(O)c(C(C)(C)C)c1)C(N)=O)C(C)C. The number of nitrogens with one attached hydrogen (secondary N) is 2. The number of aromatic hydroxyl groups is 1. The van der Waals surface area contributed by atoms with Crippen LogP contribution < -0.4 is 16.4 Å². The number of likely N-dealkylation sites (N-methyl/N-ethyl adjacent to an activating group) is 2. The Morgan fingerprint density at radius 3 is 2.05 bits per heavy atom. The summed E-state index contributed by atoms with van der Waals surface area (Å²) in [5.41, 5.74) is 7.62. The fraction of sp³-hybridized carbons (Fsp3) is 0.516. The summed E-state index contributed by atoms with van der Waals surface area (Å²) < 4.78 is 13.4. The molecule has 40 heavy (non-hydrogen) atoms. The van der Waals surface area contributed by atoms with E-state index in [1.54, 1.807) is 31.2 Å². The molecule has 0 aliphatic rings. The summed E-state index contributed by atoms with van der Waals surface area (Å²) in [5.74, 6) is -1.88. The van der Waals surface area contributed by atoms with Crippen LogP contribution in [0.3, 0.4) is 0 Å². The number of phenolic OH excluding ortho intramolecular Hbond substituents is 1. The molecule has 0 heterocycles. The van der Waals surface area contributed by atoms with Crippen LogP contribution in [0.1, 0.15) is 65.2 Å². The first kappa shape index (κ1) is 32.8. The first-order chi connectivity index (χ1) is 18.7. The summed E-state index contributed by atoms with van der Waals surface area (Å²) in [6.45, 7) is 14.1. The number of nitrogens with zero attached hydrogens (tertiary/aromatic N) is 1. The van der Waals surface area contributed by atoms with Gasteiger partial charge in [0, 0.05) is 13.0 Å². The molecule has 0 aliphatic heterocycles. The molecule has 220 valence electrons. The van der Waals surface area contributed by atoms with Crippen molar-refractivity contribution in [1.29, 1.82) is 0 Å². The minimum Gasteiger partial charge on any atom is -0.508 e. The Bertz CT molecular complexity index is 1160. The Morgan fingerprint density at radius 1 is 0.975 bits per heavy atom. The fourth-order valence-corrected chi connectivity index (χ4v) is 4.87. The van der Waals surface area contributed by atoms with Crippen molar-refractivity contribution in [3.05, 3.63) is 65.0 Å². The molecule has 0 saturated heterocycles. The Hall–Kier alpha value is -3.46. The zero-order valence-corrected chi connectivity index (χ0v) is 24.8. The van der Waals surface area contributed by atoms with E-state index in [9.17, 15) is 23.9 Å². The van der Waals surface area contributed by atoms with Gasteiger partial charge in [-0.1, -0.05) is 65.8 Å². The lowest BCUT2D eigenvalue weighted by Gasteiger charge is -2.36. The third kappa shape index (κ3) is 8.78. The third-order valence-corrected chi connectivity index (χ3v) is 6.93. The maximum atomic E-state index is 13.8. The summed E-state index contributed by atoms with van der Waals surface area (Å²) in [7, 11) is 0. The number of hydrogen-bond donors (Lipinski definition) is 4. The van der Waals surface area contributed by atoms with Crippen molar-refractivity contribution in [1.82, 2.24) is 15.5 Å². The van der Waals surface area contributed by atoms with Crippen LogP contribution in [-0.2, 0) is 32.6 Å². The molecule has 5 N–H and O–H groups in total. The molecular weight excluding hydrogens is 511 g/mol. The van der Waals surface area contributed by atoms with Gasteiger partial charge in [-0.15, -0.1) is 0 Å². The summed E-state index contributed by atoms with van der Waals surface area (Å²) in [5, 5.41) is 16.3. The number of primary amides is 1. The van der Waals surface area contributed by atoms with Crippen molar-refractivity contribution >= 4 is 17.7 Å². The summed E-state index contributed by atoms with van der Waals surface area (Å²) in [6, 6.07) is 8.60. The molecule has 2 aromatic rings. The second kappa shape index (κ2) is 14.3. The molecule has 0 saturated carbocycles. The molecule has 0 bridgehead atoms. The molecule has 3 amide bonds. The number of carbonyl (C=O) groups excluding carboxylic acids is 3. The number of hydrogen-bond acceptors (Lipinski definition) is 5. The van der Waals surface area contributed by atoms with Gasteiger partial charge in [-0.05, 0) is 66.1 Å². The normalized spacial score (nSPS) is 13.9. The molecule has 0 spiro atoms. The molecule has 9 heteroatoms. The molecule has 3 unspecified atom stereocenters. The number of phenols is 1. The Balaban J connectivity index is 2.29. The van der Waals surface area contributed by atoms with Crippen molar-refractivity contribution in [2.75, 3.05) is 13.1 Å². The largest absolute Gasteiger partial charge is 0.508 e. The number of benzene rings is 2. The molecule has 3 atom stereocenters. The minimum absolute atomic E-state index is 0.139. The van der Waals surface area contributed by atoms with Crippen LogP contribution in [0.2, 0.25) is 0 Å². The molecule has 2 rings (SSSR count). The number of amides is 3. The average molecular weight is 557 g/mol. The van der Waals surface area contributed by atoms with E-state index in [-0.39, 0.29) is 41.8 Å². The highest BCUT2D eigenvalue weighted by Crippen LogP contribution is 2.31. The number of halogens is 1. The lowest BCUT2D eigenvalue weighted by Crippen LogP contribution is -2.59. The second-order valence-corrected chi connectivity index (χ2v) is 11.5. The van der Waals surface area contributed by atoms with Crippen LogP contribution in [-0.4, -0.2) is 58.9 Å². The number of rotatable bonds is 13. The van der Waals surface area contributed by atoms with Crippen LogP contribution in [0.4, 0.5) is 4.39 Å². The van der Waals surface area contributed by atoms with Crippen LogP contribution >= 0.6 is 0 Å².